The fraction of sp³-hybridized carbons (Fsp3) is 0.286. The van der Waals surface area contributed by atoms with Gasteiger partial charge in [-0.3, -0.25) is 0 Å². The van der Waals surface area contributed by atoms with Gasteiger partial charge in [0.05, 0.1) is 18.1 Å². The smallest absolute Gasteiger partial charge is 0.193 e. The molecule has 3 nitrogen and oxygen atoms in total. The summed E-state index contributed by atoms with van der Waals surface area (Å²) < 4.78 is 16.8. The van der Waals surface area contributed by atoms with Crippen LogP contribution in [0.3, 0.4) is 0 Å². The van der Waals surface area contributed by atoms with Crippen LogP contribution in [0.2, 0.25) is 5.02 Å². The first-order valence-electron chi connectivity index (χ1n) is 6.10. The van der Waals surface area contributed by atoms with Gasteiger partial charge in [0, 0.05) is 21.0 Å². The molecule has 0 saturated carbocycles. The van der Waals surface area contributed by atoms with Gasteiger partial charge in [-0.1, -0.05) is 11.6 Å². The van der Waals surface area contributed by atoms with Gasteiger partial charge in [0.1, 0.15) is 12.4 Å². The topological polar surface area (TPSA) is 27.7 Å². The summed E-state index contributed by atoms with van der Waals surface area (Å²) in [4.78, 5) is 2.30. The lowest BCUT2D eigenvalue weighted by Gasteiger charge is -2.17. The van der Waals surface area contributed by atoms with E-state index in [4.69, 9.17) is 25.8 Å². The van der Waals surface area contributed by atoms with Crippen molar-refractivity contribution in [3.05, 3.63) is 39.7 Å². The van der Waals surface area contributed by atoms with Crippen LogP contribution in [-0.2, 0) is 16.1 Å². The summed E-state index contributed by atoms with van der Waals surface area (Å²) in [7, 11) is 0. The first-order valence-corrected chi connectivity index (χ1v) is 7.29. The van der Waals surface area contributed by atoms with Crippen LogP contribution in [0.4, 0.5) is 0 Å². The molecule has 4 rings (SSSR count). The minimum Gasteiger partial charge on any atom is -0.488 e. The number of halogens is 1. The molecule has 5 heteroatoms. The predicted molar refractivity (Wildman–Crippen MR) is 73.7 cm³/mol. The van der Waals surface area contributed by atoms with Gasteiger partial charge in [-0.05, 0) is 24.3 Å². The van der Waals surface area contributed by atoms with Gasteiger partial charge >= 0.3 is 0 Å². The molecular weight excluding hydrogens is 284 g/mol. The molecule has 2 aliphatic heterocycles. The SMILES string of the molecule is Clc1ccc2c(c1)-c1sc(C3OCCO3)cc1CO2. The minimum atomic E-state index is -0.224. The van der Waals surface area contributed by atoms with Crippen LogP contribution in [0.5, 0.6) is 5.75 Å². The third kappa shape index (κ3) is 1.96. The van der Waals surface area contributed by atoms with Crippen LogP contribution < -0.4 is 4.74 Å². The van der Waals surface area contributed by atoms with Gasteiger partial charge in [0.25, 0.3) is 0 Å². The van der Waals surface area contributed by atoms with Crippen LogP contribution in [0.15, 0.2) is 24.3 Å². The highest BCUT2D eigenvalue weighted by Crippen LogP contribution is 2.45. The molecule has 98 valence electrons. The molecule has 1 aromatic heterocycles. The molecule has 0 amide bonds. The normalized spacial score (nSPS) is 17.9. The summed E-state index contributed by atoms with van der Waals surface area (Å²) in [6, 6.07) is 7.83. The van der Waals surface area contributed by atoms with Crippen molar-refractivity contribution in [3.63, 3.8) is 0 Å². The molecule has 0 aliphatic carbocycles. The Hall–Kier alpha value is -1.07. The Labute approximate surface area is 119 Å². The van der Waals surface area contributed by atoms with Crippen molar-refractivity contribution in [2.75, 3.05) is 13.2 Å². The van der Waals surface area contributed by atoms with Crippen LogP contribution in [0.1, 0.15) is 16.7 Å². The summed E-state index contributed by atoms with van der Waals surface area (Å²) in [5, 5.41) is 0.721. The van der Waals surface area contributed by atoms with Crippen molar-refractivity contribution in [3.8, 4) is 16.2 Å². The fourth-order valence-electron chi connectivity index (χ4n) is 2.39. The van der Waals surface area contributed by atoms with E-state index in [2.05, 4.69) is 6.07 Å². The van der Waals surface area contributed by atoms with Crippen molar-refractivity contribution in [1.82, 2.24) is 0 Å². The summed E-state index contributed by atoms with van der Waals surface area (Å²) >= 11 is 7.77. The summed E-state index contributed by atoms with van der Waals surface area (Å²) in [6.45, 7) is 1.91. The third-order valence-corrected chi connectivity index (χ3v) is 4.72. The van der Waals surface area contributed by atoms with Crippen LogP contribution in [0.25, 0.3) is 10.4 Å². The predicted octanol–water partition coefficient (Wildman–Crippen LogP) is 4.01. The van der Waals surface area contributed by atoms with Crippen LogP contribution >= 0.6 is 22.9 Å². The van der Waals surface area contributed by atoms with Crippen molar-refractivity contribution >= 4 is 22.9 Å². The van der Waals surface area contributed by atoms with E-state index in [-0.39, 0.29) is 6.29 Å². The van der Waals surface area contributed by atoms with Gasteiger partial charge < -0.3 is 14.2 Å². The zero-order chi connectivity index (χ0) is 12.8. The molecule has 1 saturated heterocycles. The largest absolute Gasteiger partial charge is 0.488 e. The molecule has 0 unspecified atom stereocenters. The Morgan fingerprint density at radius 2 is 2.00 bits per heavy atom. The maximum atomic E-state index is 6.08. The van der Waals surface area contributed by atoms with Gasteiger partial charge in [-0.15, -0.1) is 11.3 Å². The average molecular weight is 295 g/mol. The van der Waals surface area contributed by atoms with Crippen LogP contribution in [-0.4, -0.2) is 13.2 Å². The standard InChI is InChI=1S/C14H11ClO3S/c15-9-1-2-11-10(6-9)13-8(7-18-11)5-12(19-13)14-16-3-4-17-14/h1-2,5-6,14H,3-4,7H2. The molecule has 19 heavy (non-hydrogen) atoms. The second kappa shape index (κ2) is 4.49. The highest BCUT2D eigenvalue weighted by molar-refractivity contribution is 7.15. The van der Waals surface area contributed by atoms with E-state index < -0.39 is 0 Å². The zero-order valence-electron chi connectivity index (χ0n) is 10.0. The van der Waals surface area contributed by atoms with E-state index in [0.29, 0.717) is 19.8 Å². The Balaban J connectivity index is 1.80. The van der Waals surface area contributed by atoms with Gasteiger partial charge in [-0.2, -0.15) is 0 Å². The third-order valence-electron chi connectivity index (χ3n) is 3.25. The molecule has 0 atom stereocenters. The number of rotatable bonds is 1. The van der Waals surface area contributed by atoms with E-state index in [1.165, 1.54) is 10.4 Å². The minimum absolute atomic E-state index is 0.224. The number of fused-ring (bicyclic) bond motifs is 3. The number of thiophene rings is 1. The fourth-order valence-corrected chi connectivity index (χ4v) is 3.74. The monoisotopic (exact) mass is 294 g/mol. The molecule has 1 aromatic carbocycles. The first kappa shape index (κ1) is 11.7. The maximum absolute atomic E-state index is 6.08. The summed E-state index contributed by atoms with van der Waals surface area (Å²) in [6.07, 6.45) is -0.224. The van der Waals surface area contributed by atoms with E-state index in [0.717, 1.165) is 21.2 Å². The van der Waals surface area contributed by atoms with E-state index in [1.807, 2.05) is 18.2 Å². The van der Waals surface area contributed by atoms with Crippen molar-refractivity contribution in [2.24, 2.45) is 0 Å². The summed E-state index contributed by atoms with van der Waals surface area (Å²) in [5.41, 5.74) is 2.23. The molecule has 1 fully saturated rings. The first-order chi connectivity index (χ1) is 9.31. The lowest BCUT2D eigenvalue weighted by molar-refractivity contribution is -0.0413. The van der Waals surface area contributed by atoms with E-state index >= 15 is 0 Å². The zero-order valence-corrected chi connectivity index (χ0v) is 11.6. The second-order valence-electron chi connectivity index (χ2n) is 4.51. The molecule has 3 heterocycles. The van der Waals surface area contributed by atoms with E-state index in [1.54, 1.807) is 11.3 Å². The molecule has 2 aromatic rings. The van der Waals surface area contributed by atoms with Crippen molar-refractivity contribution in [1.29, 1.82) is 0 Å². The molecule has 0 N–H and O–H groups in total. The Bertz CT molecular complexity index is 632. The number of benzene rings is 1. The Morgan fingerprint density at radius 3 is 2.84 bits per heavy atom. The van der Waals surface area contributed by atoms with Crippen molar-refractivity contribution < 1.29 is 14.2 Å². The lowest BCUT2D eigenvalue weighted by Crippen LogP contribution is -2.02. The molecule has 0 radical (unpaired) electrons. The molecule has 2 aliphatic rings. The van der Waals surface area contributed by atoms with Gasteiger partial charge in [0.2, 0.25) is 0 Å². The number of hydrogen-bond acceptors (Lipinski definition) is 4. The quantitative estimate of drug-likeness (QED) is 0.795. The average Bonchev–Trinajstić information content (AvgIpc) is 3.07. The van der Waals surface area contributed by atoms with Crippen molar-refractivity contribution in [2.45, 2.75) is 12.9 Å². The molecule has 0 bridgehead atoms. The lowest BCUT2D eigenvalue weighted by atomic mass is 10.1. The Kier molecular flexibility index (Phi) is 2.77. The van der Waals surface area contributed by atoms with Crippen LogP contribution in [0, 0.1) is 0 Å². The highest BCUT2D eigenvalue weighted by atomic mass is 35.5. The molecule has 0 spiro atoms. The second-order valence-corrected chi connectivity index (χ2v) is 6.03. The number of hydrogen-bond donors (Lipinski definition) is 0. The highest BCUT2D eigenvalue weighted by Gasteiger charge is 2.26. The maximum Gasteiger partial charge on any atom is 0.193 e. The Morgan fingerprint density at radius 1 is 1.16 bits per heavy atom. The van der Waals surface area contributed by atoms with Gasteiger partial charge in [-0.25, -0.2) is 0 Å². The van der Waals surface area contributed by atoms with E-state index in [9.17, 15) is 0 Å². The summed E-state index contributed by atoms with van der Waals surface area (Å²) in [5.74, 6) is 0.888. The van der Waals surface area contributed by atoms with Gasteiger partial charge in [0.15, 0.2) is 6.29 Å². The number of ether oxygens (including phenoxy) is 3. The molecular formula is C14H11ClO3S.